The molecule has 1 unspecified atom stereocenters. The second kappa shape index (κ2) is 7.60. The third kappa shape index (κ3) is 4.13. The highest BCUT2D eigenvalue weighted by molar-refractivity contribution is 5.95. The van der Waals surface area contributed by atoms with Crippen molar-refractivity contribution in [3.63, 3.8) is 0 Å². The monoisotopic (exact) mass is 339 g/mol. The van der Waals surface area contributed by atoms with Crippen LogP contribution in [0.3, 0.4) is 0 Å². The molecule has 1 saturated carbocycles. The van der Waals surface area contributed by atoms with E-state index in [2.05, 4.69) is 19.1 Å². The molecular formula is C21H25NO3. The summed E-state index contributed by atoms with van der Waals surface area (Å²) in [6.07, 6.45) is 2.39. The van der Waals surface area contributed by atoms with Gasteiger partial charge in [0.05, 0.1) is 14.2 Å². The molecule has 0 N–H and O–H groups in total. The van der Waals surface area contributed by atoms with E-state index < -0.39 is 0 Å². The van der Waals surface area contributed by atoms with Gasteiger partial charge in [0.15, 0.2) is 0 Å². The van der Waals surface area contributed by atoms with Gasteiger partial charge < -0.3 is 14.4 Å². The van der Waals surface area contributed by atoms with E-state index in [9.17, 15) is 4.79 Å². The highest BCUT2D eigenvalue weighted by Gasteiger charge is 2.34. The van der Waals surface area contributed by atoms with Gasteiger partial charge in [-0.25, -0.2) is 0 Å². The van der Waals surface area contributed by atoms with Gasteiger partial charge in [0.1, 0.15) is 11.5 Å². The summed E-state index contributed by atoms with van der Waals surface area (Å²) in [6, 6.07) is 15.7. The number of benzene rings is 2. The van der Waals surface area contributed by atoms with Crippen LogP contribution < -0.4 is 9.47 Å². The highest BCUT2D eigenvalue weighted by Crippen LogP contribution is 2.36. The first-order valence-electron chi connectivity index (χ1n) is 8.70. The van der Waals surface area contributed by atoms with E-state index in [-0.39, 0.29) is 11.9 Å². The minimum absolute atomic E-state index is 0.0143. The van der Waals surface area contributed by atoms with Gasteiger partial charge in [0.2, 0.25) is 0 Å². The summed E-state index contributed by atoms with van der Waals surface area (Å²) in [6.45, 7) is 2.76. The van der Waals surface area contributed by atoms with Gasteiger partial charge in [-0.3, -0.25) is 4.79 Å². The van der Waals surface area contributed by atoms with Gasteiger partial charge in [-0.2, -0.15) is 0 Å². The van der Waals surface area contributed by atoms with Crippen molar-refractivity contribution in [1.82, 2.24) is 4.90 Å². The number of methoxy groups -OCH3 is 2. The van der Waals surface area contributed by atoms with Crippen LogP contribution in [0.2, 0.25) is 0 Å². The molecule has 0 spiro atoms. The minimum atomic E-state index is 0.0143. The largest absolute Gasteiger partial charge is 0.497 e. The molecule has 0 heterocycles. The van der Waals surface area contributed by atoms with Gasteiger partial charge in [-0.1, -0.05) is 30.3 Å². The number of rotatable bonds is 7. The van der Waals surface area contributed by atoms with Crippen LogP contribution in [0.5, 0.6) is 11.5 Å². The fourth-order valence-corrected chi connectivity index (χ4v) is 3.11. The Kier molecular flexibility index (Phi) is 5.27. The second-order valence-corrected chi connectivity index (χ2v) is 6.60. The van der Waals surface area contributed by atoms with Crippen LogP contribution in [-0.4, -0.2) is 31.1 Å². The zero-order valence-corrected chi connectivity index (χ0v) is 15.1. The lowest BCUT2D eigenvalue weighted by molar-refractivity contribution is 0.0653. The van der Waals surface area contributed by atoms with Crippen molar-refractivity contribution in [1.29, 1.82) is 0 Å². The summed E-state index contributed by atoms with van der Waals surface area (Å²) < 4.78 is 10.6. The first-order chi connectivity index (χ1) is 12.1. The van der Waals surface area contributed by atoms with Crippen LogP contribution in [0.1, 0.15) is 35.7 Å². The molecule has 1 fully saturated rings. The Hall–Kier alpha value is -2.49. The van der Waals surface area contributed by atoms with Crippen molar-refractivity contribution < 1.29 is 14.3 Å². The molecule has 0 aromatic heterocycles. The van der Waals surface area contributed by atoms with E-state index in [1.54, 1.807) is 32.4 Å². The number of hydrogen-bond acceptors (Lipinski definition) is 3. The molecule has 4 nitrogen and oxygen atoms in total. The van der Waals surface area contributed by atoms with Crippen LogP contribution >= 0.6 is 0 Å². The molecule has 1 aliphatic carbocycles. The lowest BCUT2D eigenvalue weighted by atomic mass is 10.1. The normalized spacial score (nSPS) is 14.7. The van der Waals surface area contributed by atoms with E-state index in [1.165, 1.54) is 12.8 Å². The summed E-state index contributed by atoms with van der Waals surface area (Å²) in [5.41, 5.74) is 1.73. The van der Waals surface area contributed by atoms with Crippen LogP contribution in [0.4, 0.5) is 0 Å². The smallest absolute Gasteiger partial charge is 0.254 e. The number of carbonyl (C=O) groups is 1. The Balaban J connectivity index is 1.90. The Morgan fingerprint density at radius 1 is 1.08 bits per heavy atom. The maximum Gasteiger partial charge on any atom is 0.254 e. The fraction of sp³-hybridized carbons (Fsp3) is 0.381. The van der Waals surface area contributed by atoms with Gasteiger partial charge in [0.25, 0.3) is 5.91 Å². The van der Waals surface area contributed by atoms with Gasteiger partial charge >= 0.3 is 0 Å². The number of carbonyl (C=O) groups excluding carboxylic acids is 1. The molecule has 0 bridgehead atoms. The topological polar surface area (TPSA) is 38.8 Å². The first kappa shape index (κ1) is 17.3. The average Bonchev–Trinajstić information content (AvgIpc) is 3.50. The van der Waals surface area contributed by atoms with Gasteiger partial charge in [-0.15, -0.1) is 0 Å². The third-order valence-corrected chi connectivity index (χ3v) is 4.85. The van der Waals surface area contributed by atoms with Crippen LogP contribution in [0.15, 0.2) is 48.5 Å². The Morgan fingerprint density at radius 3 is 2.20 bits per heavy atom. The summed E-state index contributed by atoms with van der Waals surface area (Å²) in [5.74, 6) is 1.86. The van der Waals surface area contributed by atoms with Crippen molar-refractivity contribution in [3.8, 4) is 11.5 Å². The number of hydrogen-bond donors (Lipinski definition) is 0. The lowest BCUT2D eigenvalue weighted by Gasteiger charge is -2.30. The SMILES string of the molecule is COc1cc(OC)cc(C(=O)N(Cc2ccccc2)C(C)C2CC2)c1. The van der Waals surface area contributed by atoms with Crippen LogP contribution in [0.25, 0.3) is 0 Å². The predicted octanol–water partition coefficient (Wildman–Crippen LogP) is 4.14. The predicted molar refractivity (Wildman–Crippen MR) is 98.0 cm³/mol. The molecule has 1 atom stereocenters. The third-order valence-electron chi connectivity index (χ3n) is 4.85. The fourth-order valence-electron chi connectivity index (χ4n) is 3.11. The number of amides is 1. The van der Waals surface area contributed by atoms with E-state index in [0.717, 1.165) is 5.56 Å². The molecule has 0 radical (unpaired) electrons. The van der Waals surface area contributed by atoms with Crippen molar-refractivity contribution in [3.05, 3.63) is 59.7 Å². The van der Waals surface area contributed by atoms with E-state index in [1.807, 2.05) is 23.1 Å². The number of ether oxygens (including phenoxy) is 2. The molecule has 0 saturated heterocycles. The van der Waals surface area contributed by atoms with Crippen LogP contribution in [0, 0.1) is 5.92 Å². The van der Waals surface area contributed by atoms with Crippen molar-refractivity contribution >= 4 is 5.91 Å². The Bertz CT molecular complexity index is 703. The molecule has 2 aromatic carbocycles. The van der Waals surface area contributed by atoms with Gasteiger partial charge in [-0.05, 0) is 43.4 Å². The summed E-state index contributed by atoms with van der Waals surface area (Å²) >= 11 is 0. The molecule has 1 amide bonds. The molecule has 132 valence electrons. The maximum atomic E-state index is 13.3. The van der Waals surface area contributed by atoms with Gasteiger partial charge in [0, 0.05) is 24.2 Å². The molecule has 4 heteroatoms. The lowest BCUT2D eigenvalue weighted by Crippen LogP contribution is -2.39. The average molecular weight is 339 g/mol. The van der Waals surface area contributed by atoms with E-state index in [0.29, 0.717) is 29.5 Å². The Labute approximate surface area is 149 Å². The van der Waals surface area contributed by atoms with Crippen molar-refractivity contribution in [2.75, 3.05) is 14.2 Å². The molecule has 3 rings (SSSR count). The summed E-state index contributed by atoms with van der Waals surface area (Å²) in [4.78, 5) is 15.2. The second-order valence-electron chi connectivity index (χ2n) is 6.60. The molecule has 25 heavy (non-hydrogen) atoms. The minimum Gasteiger partial charge on any atom is -0.497 e. The van der Waals surface area contributed by atoms with Crippen molar-refractivity contribution in [2.45, 2.75) is 32.4 Å². The summed E-state index contributed by atoms with van der Waals surface area (Å²) in [7, 11) is 3.19. The Morgan fingerprint density at radius 2 is 1.68 bits per heavy atom. The quantitative estimate of drug-likeness (QED) is 0.761. The highest BCUT2D eigenvalue weighted by atomic mass is 16.5. The zero-order valence-electron chi connectivity index (χ0n) is 15.1. The zero-order chi connectivity index (χ0) is 17.8. The maximum absolute atomic E-state index is 13.3. The molecule has 2 aromatic rings. The molecule has 1 aliphatic rings. The standard InChI is InChI=1S/C21H25NO3/c1-15(17-9-10-17)22(14-16-7-5-4-6-8-16)21(23)18-11-19(24-2)13-20(12-18)25-3/h4-8,11-13,15,17H,9-10,14H2,1-3H3. The summed E-state index contributed by atoms with van der Waals surface area (Å²) in [5, 5.41) is 0. The molecular weight excluding hydrogens is 314 g/mol. The first-order valence-corrected chi connectivity index (χ1v) is 8.70. The van der Waals surface area contributed by atoms with E-state index >= 15 is 0 Å². The molecule has 0 aliphatic heterocycles. The van der Waals surface area contributed by atoms with E-state index in [4.69, 9.17) is 9.47 Å². The number of nitrogens with zero attached hydrogens (tertiary/aromatic N) is 1. The van der Waals surface area contributed by atoms with Crippen LogP contribution in [-0.2, 0) is 6.54 Å². The van der Waals surface area contributed by atoms with Crippen molar-refractivity contribution in [2.24, 2.45) is 5.92 Å².